The summed E-state index contributed by atoms with van der Waals surface area (Å²) in [6.45, 7) is 4.07. The van der Waals surface area contributed by atoms with Crippen molar-refractivity contribution in [2.45, 2.75) is 31.9 Å². The van der Waals surface area contributed by atoms with E-state index in [-0.39, 0.29) is 0 Å². The average Bonchev–Trinajstić information content (AvgIpc) is 3.28. The molecule has 27 heavy (non-hydrogen) atoms. The van der Waals surface area contributed by atoms with Crippen LogP contribution in [-0.2, 0) is 13.0 Å². The summed E-state index contributed by atoms with van der Waals surface area (Å²) in [7, 11) is 0. The van der Waals surface area contributed by atoms with Crippen LogP contribution >= 0.6 is 11.6 Å². The largest absolute Gasteiger partial charge is 0.388 e. The summed E-state index contributed by atoms with van der Waals surface area (Å²) >= 11 is 5.96. The van der Waals surface area contributed by atoms with Gasteiger partial charge in [0, 0.05) is 37.3 Å². The molecule has 2 aromatic heterocycles. The molecule has 3 heterocycles. The second-order valence-electron chi connectivity index (χ2n) is 6.98. The molecule has 1 aliphatic heterocycles. The zero-order valence-electron chi connectivity index (χ0n) is 15.2. The van der Waals surface area contributed by atoms with Crippen molar-refractivity contribution < 1.29 is 5.11 Å². The normalized spacial score (nSPS) is 19.6. The Morgan fingerprint density at radius 1 is 1.15 bits per heavy atom. The van der Waals surface area contributed by atoms with Crippen LogP contribution in [0.1, 0.15) is 18.9 Å². The van der Waals surface area contributed by atoms with Crippen molar-refractivity contribution in [3.63, 3.8) is 0 Å². The van der Waals surface area contributed by atoms with E-state index in [2.05, 4.69) is 31.6 Å². The highest BCUT2D eigenvalue weighted by molar-refractivity contribution is 6.30. The lowest BCUT2D eigenvalue weighted by Gasteiger charge is -2.24. The molecule has 1 unspecified atom stereocenters. The third-order valence-corrected chi connectivity index (χ3v) is 5.25. The summed E-state index contributed by atoms with van der Waals surface area (Å²) in [6.07, 6.45) is 3.03. The van der Waals surface area contributed by atoms with Gasteiger partial charge in [-0.25, -0.2) is 0 Å². The minimum absolute atomic E-state index is 0.524. The maximum absolute atomic E-state index is 11.1. The number of rotatable bonds is 5. The number of hydrogen-bond acceptors (Lipinski definition) is 5. The Kier molecular flexibility index (Phi) is 4.85. The highest BCUT2D eigenvalue weighted by Crippen LogP contribution is 2.30. The Balaban J connectivity index is 1.55. The van der Waals surface area contributed by atoms with E-state index in [4.69, 9.17) is 11.6 Å². The fourth-order valence-electron chi connectivity index (χ4n) is 3.66. The van der Waals surface area contributed by atoms with E-state index in [9.17, 15) is 5.11 Å². The van der Waals surface area contributed by atoms with Crippen LogP contribution in [0.2, 0.25) is 5.02 Å². The highest BCUT2D eigenvalue weighted by atomic mass is 35.5. The van der Waals surface area contributed by atoms with Crippen molar-refractivity contribution in [3.05, 3.63) is 59.2 Å². The van der Waals surface area contributed by atoms with Crippen LogP contribution in [0.5, 0.6) is 0 Å². The quantitative estimate of drug-likeness (QED) is 0.732. The average molecular weight is 384 g/mol. The Bertz CT molecular complexity index is 912. The molecule has 3 aromatic rings. The van der Waals surface area contributed by atoms with Gasteiger partial charge in [0.1, 0.15) is 5.69 Å². The number of pyridine rings is 1. The Morgan fingerprint density at radius 3 is 2.67 bits per heavy atom. The lowest BCUT2D eigenvalue weighted by atomic mass is 9.94. The first-order chi connectivity index (χ1) is 13.1. The maximum atomic E-state index is 11.1. The summed E-state index contributed by atoms with van der Waals surface area (Å²) in [4.78, 5) is 6.50. The number of aromatic nitrogens is 4. The lowest BCUT2D eigenvalue weighted by Crippen LogP contribution is -2.36. The van der Waals surface area contributed by atoms with Crippen molar-refractivity contribution in [1.29, 1.82) is 0 Å². The molecule has 1 fully saturated rings. The molecule has 1 saturated heterocycles. The number of nitrogens with zero attached hydrogens (tertiary/aromatic N) is 5. The maximum Gasteiger partial charge on any atom is 0.227 e. The van der Waals surface area contributed by atoms with E-state index in [0.29, 0.717) is 24.4 Å². The Labute approximate surface area is 163 Å². The van der Waals surface area contributed by atoms with Crippen LogP contribution in [0, 0.1) is 0 Å². The number of benzene rings is 1. The minimum Gasteiger partial charge on any atom is -0.388 e. The van der Waals surface area contributed by atoms with Gasteiger partial charge in [0.2, 0.25) is 5.95 Å². The van der Waals surface area contributed by atoms with E-state index in [1.165, 1.54) is 0 Å². The third-order valence-electron chi connectivity index (χ3n) is 5.00. The van der Waals surface area contributed by atoms with Gasteiger partial charge in [-0.3, -0.25) is 9.55 Å². The summed E-state index contributed by atoms with van der Waals surface area (Å²) in [5, 5.41) is 20.5. The lowest BCUT2D eigenvalue weighted by molar-refractivity contribution is 0.0636. The first-order valence-corrected chi connectivity index (χ1v) is 9.52. The van der Waals surface area contributed by atoms with Crippen molar-refractivity contribution in [1.82, 2.24) is 19.7 Å². The number of halogens is 1. The molecule has 0 bridgehead atoms. The van der Waals surface area contributed by atoms with Gasteiger partial charge in [-0.2, -0.15) is 0 Å². The predicted octanol–water partition coefficient (Wildman–Crippen LogP) is 3.20. The summed E-state index contributed by atoms with van der Waals surface area (Å²) < 4.78 is 2.05. The zero-order valence-corrected chi connectivity index (χ0v) is 16.0. The summed E-state index contributed by atoms with van der Waals surface area (Å²) in [5.74, 6) is 1.53. The van der Waals surface area contributed by atoms with Crippen LogP contribution in [0.25, 0.3) is 11.5 Å². The van der Waals surface area contributed by atoms with Gasteiger partial charge >= 0.3 is 0 Å². The van der Waals surface area contributed by atoms with Gasteiger partial charge in [-0.15, -0.1) is 10.2 Å². The molecule has 0 radical (unpaired) electrons. The molecule has 0 saturated carbocycles. The standard InChI is InChI=1S/C20H22ClN5O/c1-2-26-18(17-5-3-4-11-22-17)23-24-19(26)25-12-10-20(27,14-25)13-15-6-8-16(21)9-7-15/h3-9,11,27H,2,10,12-14H2,1H3. The Hall–Kier alpha value is -2.44. The van der Waals surface area contributed by atoms with Gasteiger partial charge in [0.05, 0.1) is 5.60 Å². The van der Waals surface area contributed by atoms with Crippen LogP contribution in [0.3, 0.4) is 0 Å². The molecule has 1 aliphatic rings. The molecule has 6 nitrogen and oxygen atoms in total. The van der Waals surface area contributed by atoms with Crippen LogP contribution in [0.15, 0.2) is 48.7 Å². The number of β-amino-alcohol motifs (C(OH)–C–C–N with tert-alkyl or cyclic N) is 1. The second-order valence-corrected chi connectivity index (χ2v) is 7.42. The predicted molar refractivity (Wildman–Crippen MR) is 106 cm³/mol. The van der Waals surface area contributed by atoms with Gasteiger partial charge in [0.15, 0.2) is 5.82 Å². The van der Waals surface area contributed by atoms with Gasteiger partial charge in [0.25, 0.3) is 0 Å². The molecule has 0 amide bonds. The second kappa shape index (κ2) is 7.29. The molecule has 1 N–H and O–H groups in total. The molecule has 140 valence electrons. The molecular formula is C20H22ClN5O. The van der Waals surface area contributed by atoms with Crippen LogP contribution in [-0.4, -0.2) is 43.5 Å². The van der Waals surface area contributed by atoms with E-state index in [1.54, 1.807) is 6.20 Å². The molecule has 0 aliphatic carbocycles. The number of anilines is 1. The zero-order chi connectivity index (χ0) is 18.9. The molecular weight excluding hydrogens is 362 g/mol. The van der Waals surface area contributed by atoms with Crippen molar-refractivity contribution >= 4 is 17.5 Å². The van der Waals surface area contributed by atoms with Crippen molar-refractivity contribution in [2.24, 2.45) is 0 Å². The molecule has 1 aromatic carbocycles. The topological polar surface area (TPSA) is 67.1 Å². The molecule has 4 rings (SSSR count). The smallest absolute Gasteiger partial charge is 0.227 e. The van der Waals surface area contributed by atoms with Gasteiger partial charge in [-0.05, 0) is 43.2 Å². The number of hydrogen-bond donors (Lipinski definition) is 1. The minimum atomic E-state index is -0.788. The Morgan fingerprint density at radius 2 is 1.96 bits per heavy atom. The van der Waals surface area contributed by atoms with E-state index in [1.807, 2.05) is 42.5 Å². The molecule has 0 spiro atoms. The van der Waals surface area contributed by atoms with Gasteiger partial charge < -0.3 is 10.0 Å². The third kappa shape index (κ3) is 3.68. The van der Waals surface area contributed by atoms with E-state index < -0.39 is 5.60 Å². The number of aliphatic hydroxyl groups is 1. The summed E-state index contributed by atoms with van der Waals surface area (Å²) in [5.41, 5.74) is 1.09. The molecule has 7 heteroatoms. The first-order valence-electron chi connectivity index (χ1n) is 9.14. The van der Waals surface area contributed by atoms with Gasteiger partial charge in [-0.1, -0.05) is 29.8 Å². The molecule has 1 atom stereocenters. The first kappa shape index (κ1) is 17.9. The SMILES string of the molecule is CCn1c(-c2ccccn2)nnc1N1CCC(O)(Cc2ccc(Cl)cc2)C1. The fraction of sp³-hybridized carbons (Fsp3) is 0.350. The van der Waals surface area contributed by atoms with Crippen LogP contribution in [0.4, 0.5) is 5.95 Å². The fourth-order valence-corrected chi connectivity index (χ4v) is 3.78. The van der Waals surface area contributed by atoms with E-state index in [0.717, 1.165) is 36.1 Å². The van der Waals surface area contributed by atoms with Crippen LogP contribution < -0.4 is 4.90 Å². The van der Waals surface area contributed by atoms with Crippen molar-refractivity contribution in [2.75, 3.05) is 18.0 Å². The monoisotopic (exact) mass is 383 g/mol. The van der Waals surface area contributed by atoms with Crippen molar-refractivity contribution in [3.8, 4) is 11.5 Å². The highest BCUT2D eigenvalue weighted by Gasteiger charge is 2.38. The van der Waals surface area contributed by atoms with E-state index >= 15 is 0 Å². The summed E-state index contributed by atoms with van der Waals surface area (Å²) in [6, 6.07) is 13.4.